The number of nitrogens with one attached hydrogen (secondary N) is 1. The molecule has 1 saturated carbocycles. The van der Waals surface area contributed by atoms with E-state index in [0.29, 0.717) is 24.2 Å². The highest BCUT2D eigenvalue weighted by molar-refractivity contribution is 5.29. The summed E-state index contributed by atoms with van der Waals surface area (Å²) < 4.78 is 11.5. The van der Waals surface area contributed by atoms with E-state index >= 15 is 0 Å². The fraction of sp³-hybridized carbons (Fsp3) is 0.714. The first-order valence-corrected chi connectivity index (χ1v) is 9.88. The molecule has 1 aromatic carbocycles. The van der Waals surface area contributed by atoms with Crippen LogP contribution in [0.15, 0.2) is 24.3 Å². The van der Waals surface area contributed by atoms with Gasteiger partial charge in [0.15, 0.2) is 0 Å². The average Bonchev–Trinajstić information content (AvgIpc) is 2.63. The summed E-state index contributed by atoms with van der Waals surface area (Å²) in [6, 6.07) is 10.4. The Kier molecular flexibility index (Phi) is 6.74. The Labute approximate surface area is 152 Å². The lowest BCUT2D eigenvalue weighted by Crippen LogP contribution is -2.42. The van der Waals surface area contributed by atoms with Crippen molar-refractivity contribution in [3.05, 3.63) is 29.8 Å². The van der Waals surface area contributed by atoms with E-state index in [-0.39, 0.29) is 0 Å². The van der Waals surface area contributed by atoms with Gasteiger partial charge in [0.25, 0.3) is 0 Å². The van der Waals surface area contributed by atoms with Crippen molar-refractivity contribution >= 4 is 0 Å². The molecular weight excluding hydrogens is 312 g/mol. The monoisotopic (exact) mass is 346 g/mol. The molecule has 0 amide bonds. The number of rotatable bonds is 6. The van der Waals surface area contributed by atoms with Crippen LogP contribution in [-0.2, 0) is 4.74 Å². The molecule has 3 unspecified atom stereocenters. The van der Waals surface area contributed by atoms with Crippen LogP contribution in [0, 0.1) is 0 Å². The van der Waals surface area contributed by atoms with E-state index in [4.69, 9.17) is 9.47 Å². The normalized spacial score (nSPS) is 26.6. The molecule has 140 valence electrons. The van der Waals surface area contributed by atoms with Crippen molar-refractivity contribution in [2.75, 3.05) is 27.3 Å². The summed E-state index contributed by atoms with van der Waals surface area (Å²) in [5, 5.41) is 3.84. The molecule has 2 fully saturated rings. The van der Waals surface area contributed by atoms with Crippen LogP contribution in [0.5, 0.6) is 5.75 Å². The van der Waals surface area contributed by atoms with Crippen molar-refractivity contribution < 1.29 is 9.47 Å². The van der Waals surface area contributed by atoms with Gasteiger partial charge in [0.05, 0.1) is 13.2 Å². The van der Waals surface area contributed by atoms with Crippen molar-refractivity contribution in [1.82, 2.24) is 10.2 Å². The minimum absolute atomic E-state index is 0.306. The zero-order chi connectivity index (χ0) is 17.6. The average molecular weight is 347 g/mol. The van der Waals surface area contributed by atoms with E-state index in [1.165, 1.54) is 31.2 Å². The van der Waals surface area contributed by atoms with Crippen LogP contribution < -0.4 is 10.1 Å². The molecular formula is C21H34N2O2. The Bertz CT molecular complexity index is 511. The molecule has 0 radical (unpaired) electrons. The SMILES string of the molecule is CC(NC1CCCC(N(C)C)C1)c1ccc(OC2CCOCC2)cc1. The zero-order valence-corrected chi connectivity index (χ0v) is 16.0. The Balaban J connectivity index is 1.50. The highest BCUT2D eigenvalue weighted by atomic mass is 16.5. The van der Waals surface area contributed by atoms with Crippen LogP contribution in [0.4, 0.5) is 0 Å². The molecule has 1 heterocycles. The summed E-state index contributed by atoms with van der Waals surface area (Å²) in [7, 11) is 4.40. The molecule has 1 aliphatic carbocycles. The maximum absolute atomic E-state index is 6.07. The van der Waals surface area contributed by atoms with Crippen LogP contribution in [0.1, 0.15) is 57.1 Å². The third kappa shape index (κ3) is 5.44. The van der Waals surface area contributed by atoms with Gasteiger partial charge in [-0.25, -0.2) is 0 Å². The fourth-order valence-corrected chi connectivity index (χ4v) is 4.06. The maximum atomic E-state index is 6.07. The Hall–Kier alpha value is -1.10. The number of hydrogen-bond acceptors (Lipinski definition) is 4. The molecule has 2 aliphatic rings. The highest BCUT2D eigenvalue weighted by Crippen LogP contribution is 2.25. The van der Waals surface area contributed by atoms with Gasteiger partial charge in [-0.2, -0.15) is 0 Å². The predicted molar refractivity (Wildman–Crippen MR) is 102 cm³/mol. The van der Waals surface area contributed by atoms with Crippen molar-refractivity contribution in [2.45, 2.75) is 69.7 Å². The second kappa shape index (κ2) is 9.02. The summed E-state index contributed by atoms with van der Waals surface area (Å²) in [6.45, 7) is 3.91. The molecule has 25 heavy (non-hydrogen) atoms. The molecule has 1 aliphatic heterocycles. The zero-order valence-electron chi connectivity index (χ0n) is 16.0. The van der Waals surface area contributed by atoms with Crippen LogP contribution in [0.3, 0.4) is 0 Å². The lowest BCUT2D eigenvalue weighted by atomic mass is 9.89. The topological polar surface area (TPSA) is 33.7 Å². The molecule has 0 spiro atoms. The Morgan fingerprint density at radius 3 is 2.48 bits per heavy atom. The summed E-state index contributed by atoms with van der Waals surface area (Å²) in [5.41, 5.74) is 1.34. The summed E-state index contributed by atoms with van der Waals surface area (Å²) >= 11 is 0. The molecule has 1 aromatic rings. The van der Waals surface area contributed by atoms with Gasteiger partial charge in [0.2, 0.25) is 0 Å². The lowest BCUT2D eigenvalue weighted by Gasteiger charge is -2.35. The van der Waals surface area contributed by atoms with E-state index in [1.54, 1.807) is 0 Å². The van der Waals surface area contributed by atoms with E-state index in [0.717, 1.165) is 31.8 Å². The number of hydrogen-bond donors (Lipinski definition) is 1. The fourth-order valence-electron chi connectivity index (χ4n) is 4.06. The van der Waals surface area contributed by atoms with Gasteiger partial charge in [-0.1, -0.05) is 18.6 Å². The number of ether oxygens (including phenoxy) is 2. The molecule has 3 atom stereocenters. The van der Waals surface area contributed by atoms with E-state index < -0.39 is 0 Å². The van der Waals surface area contributed by atoms with E-state index in [2.05, 4.69) is 55.5 Å². The summed E-state index contributed by atoms with van der Waals surface area (Å²) in [6.07, 6.45) is 7.49. The molecule has 4 heteroatoms. The highest BCUT2D eigenvalue weighted by Gasteiger charge is 2.24. The third-order valence-electron chi connectivity index (χ3n) is 5.71. The summed E-state index contributed by atoms with van der Waals surface area (Å²) in [4.78, 5) is 2.38. The van der Waals surface area contributed by atoms with Gasteiger partial charge in [-0.05, 0) is 58.0 Å². The van der Waals surface area contributed by atoms with Crippen molar-refractivity contribution in [3.8, 4) is 5.75 Å². The van der Waals surface area contributed by atoms with E-state index in [1.807, 2.05) is 0 Å². The van der Waals surface area contributed by atoms with Crippen LogP contribution in [0.2, 0.25) is 0 Å². The quantitative estimate of drug-likeness (QED) is 0.850. The second-order valence-electron chi connectivity index (χ2n) is 7.87. The maximum Gasteiger partial charge on any atom is 0.119 e. The molecule has 1 N–H and O–H groups in total. The lowest BCUT2D eigenvalue weighted by molar-refractivity contribution is 0.0255. The molecule has 0 aromatic heterocycles. The Morgan fingerprint density at radius 2 is 1.80 bits per heavy atom. The second-order valence-corrected chi connectivity index (χ2v) is 7.87. The van der Waals surface area contributed by atoms with Crippen LogP contribution in [-0.4, -0.2) is 50.4 Å². The number of nitrogens with zero attached hydrogens (tertiary/aromatic N) is 1. The Morgan fingerprint density at radius 1 is 1.08 bits per heavy atom. The van der Waals surface area contributed by atoms with Crippen LogP contribution >= 0.6 is 0 Å². The minimum Gasteiger partial charge on any atom is -0.490 e. The van der Waals surface area contributed by atoms with Crippen molar-refractivity contribution in [3.63, 3.8) is 0 Å². The van der Waals surface area contributed by atoms with Crippen LogP contribution in [0.25, 0.3) is 0 Å². The first-order valence-electron chi connectivity index (χ1n) is 9.88. The first-order chi connectivity index (χ1) is 12.1. The van der Waals surface area contributed by atoms with Gasteiger partial charge < -0.3 is 19.7 Å². The largest absolute Gasteiger partial charge is 0.490 e. The molecule has 4 nitrogen and oxygen atoms in total. The smallest absolute Gasteiger partial charge is 0.119 e. The molecule has 1 saturated heterocycles. The third-order valence-corrected chi connectivity index (χ3v) is 5.71. The predicted octanol–water partition coefficient (Wildman–Crippen LogP) is 3.77. The van der Waals surface area contributed by atoms with Gasteiger partial charge in [0.1, 0.15) is 11.9 Å². The van der Waals surface area contributed by atoms with E-state index in [9.17, 15) is 0 Å². The molecule has 3 rings (SSSR count). The van der Waals surface area contributed by atoms with Gasteiger partial charge >= 0.3 is 0 Å². The van der Waals surface area contributed by atoms with Gasteiger partial charge in [-0.15, -0.1) is 0 Å². The standard InChI is InChI=1S/C21H34N2O2/c1-16(22-18-5-4-6-19(15-18)23(2)3)17-7-9-20(10-8-17)25-21-11-13-24-14-12-21/h7-10,16,18-19,21-22H,4-6,11-15H2,1-3H3. The first kappa shape index (κ1) is 18.7. The summed E-state index contributed by atoms with van der Waals surface area (Å²) in [5.74, 6) is 0.980. The number of benzene rings is 1. The van der Waals surface area contributed by atoms with Gasteiger partial charge in [0, 0.05) is 31.0 Å². The minimum atomic E-state index is 0.306. The van der Waals surface area contributed by atoms with Crippen molar-refractivity contribution in [1.29, 1.82) is 0 Å². The van der Waals surface area contributed by atoms with Gasteiger partial charge in [-0.3, -0.25) is 0 Å². The molecule has 0 bridgehead atoms. The van der Waals surface area contributed by atoms with Crippen molar-refractivity contribution in [2.24, 2.45) is 0 Å².